The fourth-order valence-electron chi connectivity index (χ4n) is 6.07. The molecule has 1 atom stereocenters. The fourth-order valence-corrected chi connectivity index (χ4v) is 6.39. The van der Waals surface area contributed by atoms with Crippen LogP contribution < -0.4 is 4.90 Å². The van der Waals surface area contributed by atoms with Crippen LogP contribution in [0, 0.1) is 0 Å². The molecule has 0 saturated heterocycles. The van der Waals surface area contributed by atoms with Crippen LogP contribution in [0.15, 0.2) is 133 Å². The number of ether oxygens (including phenoxy) is 1. The smallest absolute Gasteiger partial charge is 0.415 e. The number of aliphatic carboxylic acids is 1. The van der Waals surface area contributed by atoms with Crippen LogP contribution in [0.5, 0.6) is 0 Å². The fraction of sp³-hybridized carbons (Fsp3) is 0.135. The summed E-state index contributed by atoms with van der Waals surface area (Å²) in [6.07, 6.45) is -0.726. The van der Waals surface area contributed by atoms with Crippen LogP contribution in [0.1, 0.15) is 39.7 Å². The van der Waals surface area contributed by atoms with Crippen LogP contribution >= 0.6 is 12.6 Å². The summed E-state index contributed by atoms with van der Waals surface area (Å²) in [6, 6.07) is 42.7. The second-order valence-corrected chi connectivity index (χ2v) is 10.9. The van der Waals surface area contributed by atoms with E-state index in [0.717, 1.165) is 38.9 Å². The minimum Gasteiger partial charge on any atom is -0.480 e. The van der Waals surface area contributed by atoms with Crippen LogP contribution in [0.3, 0.4) is 0 Å². The Bertz CT molecular complexity index is 1660. The molecule has 1 N–H and O–H groups in total. The molecule has 0 spiro atoms. The lowest BCUT2D eigenvalue weighted by atomic mass is 9.85. The molecule has 0 fully saturated rings. The number of hydrogen-bond acceptors (Lipinski definition) is 4. The summed E-state index contributed by atoms with van der Waals surface area (Å²) in [5.74, 6) is -1.50. The Hall–Kier alpha value is -4.81. The second kappa shape index (κ2) is 12.6. The van der Waals surface area contributed by atoms with Crippen molar-refractivity contribution in [3.8, 4) is 11.1 Å². The van der Waals surface area contributed by atoms with Gasteiger partial charge in [0.05, 0.1) is 0 Å². The molecule has 5 nitrogen and oxygen atoms in total. The van der Waals surface area contributed by atoms with E-state index in [0.29, 0.717) is 5.69 Å². The highest BCUT2D eigenvalue weighted by molar-refractivity contribution is 7.80. The molecule has 5 aromatic carbocycles. The Kier molecular flexibility index (Phi) is 8.29. The molecule has 0 bridgehead atoms. The Morgan fingerprint density at radius 1 is 0.698 bits per heavy atom. The van der Waals surface area contributed by atoms with E-state index in [1.165, 1.54) is 4.90 Å². The third-order valence-electron chi connectivity index (χ3n) is 8.05. The number of benzene rings is 5. The van der Waals surface area contributed by atoms with Crippen molar-refractivity contribution in [3.05, 3.63) is 161 Å². The molecular formula is C37H31NO4S. The van der Waals surface area contributed by atoms with Gasteiger partial charge < -0.3 is 9.84 Å². The highest BCUT2D eigenvalue weighted by Crippen LogP contribution is 2.44. The second-order valence-electron chi connectivity index (χ2n) is 10.6. The predicted octanol–water partition coefficient (Wildman–Crippen LogP) is 8.01. The number of carboxylic acids is 1. The van der Waals surface area contributed by atoms with Gasteiger partial charge in [0, 0.05) is 23.3 Å². The maximum atomic E-state index is 13.9. The van der Waals surface area contributed by atoms with E-state index in [4.69, 9.17) is 4.74 Å². The quantitative estimate of drug-likeness (QED) is 0.136. The van der Waals surface area contributed by atoms with E-state index in [-0.39, 0.29) is 24.2 Å². The summed E-state index contributed by atoms with van der Waals surface area (Å²) in [5.41, 5.74) is 7.95. The molecule has 43 heavy (non-hydrogen) atoms. The number of fused-ring (bicyclic) bond motifs is 3. The molecule has 1 aliphatic rings. The van der Waals surface area contributed by atoms with Gasteiger partial charge in [0.15, 0.2) is 0 Å². The Labute approximate surface area is 256 Å². The average Bonchev–Trinajstić information content (AvgIpc) is 3.37. The molecule has 1 aliphatic carbocycles. The van der Waals surface area contributed by atoms with Crippen molar-refractivity contribution in [2.24, 2.45) is 0 Å². The van der Waals surface area contributed by atoms with Crippen LogP contribution in [-0.2, 0) is 9.53 Å². The number of rotatable bonds is 9. The summed E-state index contributed by atoms with van der Waals surface area (Å²) in [5, 5.41) is 10.1. The molecule has 0 heterocycles. The maximum Gasteiger partial charge on any atom is 0.415 e. The van der Waals surface area contributed by atoms with Crippen molar-refractivity contribution in [1.29, 1.82) is 0 Å². The Balaban J connectivity index is 1.35. The van der Waals surface area contributed by atoms with Gasteiger partial charge >= 0.3 is 12.1 Å². The normalized spacial score (nSPS) is 12.8. The molecule has 0 radical (unpaired) electrons. The summed E-state index contributed by atoms with van der Waals surface area (Å²) < 4.78 is 5.95. The van der Waals surface area contributed by atoms with Crippen molar-refractivity contribution in [1.82, 2.24) is 0 Å². The van der Waals surface area contributed by atoms with Gasteiger partial charge in [-0.05, 0) is 51.1 Å². The van der Waals surface area contributed by atoms with Crippen molar-refractivity contribution >= 4 is 30.4 Å². The van der Waals surface area contributed by atoms with Gasteiger partial charge in [0.25, 0.3) is 0 Å². The van der Waals surface area contributed by atoms with Crippen molar-refractivity contribution in [3.63, 3.8) is 0 Å². The highest BCUT2D eigenvalue weighted by atomic mass is 32.1. The molecule has 1 amide bonds. The molecule has 0 aromatic heterocycles. The van der Waals surface area contributed by atoms with Gasteiger partial charge in [-0.25, -0.2) is 9.59 Å². The van der Waals surface area contributed by atoms with E-state index in [2.05, 4.69) is 61.2 Å². The summed E-state index contributed by atoms with van der Waals surface area (Å²) >= 11 is 4.32. The van der Waals surface area contributed by atoms with Crippen molar-refractivity contribution < 1.29 is 19.4 Å². The first-order chi connectivity index (χ1) is 21.1. The first-order valence-electron chi connectivity index (χ1n) is 14.2. The zero-order valence-electron chi connectivity index (χ0n) is 23.4. The van der Waals surface area contributed by atoms with E-state index in [9.17, 15) is 14.7 Å². The van der Waals surface area contributed by atoms with Crippen LogP contribution in [0.4, 0.5) is 10.5 Å². The van der Waals surface area contributed by atoms with Gasteiger partial charge in [0.2, 0.25) is 0 Å². The number of carbonyl (C=O) groups is 2. The molecule has 0 aliphatic heterocycles. The monoisotopic (exact) mass is 585 g/mol. The molecule has 0 saturated carbocycles. The number of thiol groups is 1. The van der Waals surface area contributed by atoms with Crippen molar-refractivity contribution in [2.45, 2.75) is 17.9 Å². The van der Waals surface area contributed by atoms with Crippen LogP contribution in [0.2, 0.25) is 0 Å². The largest absolute Gasteiger partial charge is 0.480 e. The minimum atomic E-state index is -1.22. The van der Waals surface area contributed by atoms with Gasteiger partial charge in [-0.15, -0.1) is 0 Å². The minimum absolute atomic E-state index is 0.0788. The summed E-state index contributed by atoms with van der Waals surface area (Å²) in [6.45, 7) is 0.0820. The number of carbonyl (C=O) groups excluding carboxylic acids is 1. The highest BCUT2D eigenvalue weighted by Gasteiger charge is 2.34. The molecule has 5 aromatic rings. The Morgan fingerprint density at radius 3 is 1.74 bits per heavy atom. The maximum absolute atomic E-state index is 13.9. The van der Waals surface area contributed by atoms with Gasteiger partial charge in [0.1, 0.15) is 12.6 Å². The van der Waals surface area contributed by atoms with E-state index in [1.54, 1.807) is 6.07 Å². The predicted molar refractivity (Wildman–Crippen MR) is 173 cm³/mol. The van der Waals surface area contributed by atoms with E-state index in [1.807, 2.05) is 78.9 Å². The van der Waals surface area contributed by atoms with Crippen LogP contribution in [-0.4, -0.2) is 35.6 Å². The third kappa shape index (κ3) is 5.66. The lowest BCUT2D eigenvalue weighted by Crippen LogP contribution is -2.47. The number of anilines is 1. The Morgan fingerprint density at radius 2 is 1.21 bits per heavy atom. The first-order valence-corrected chi connectivity index (χ1v) is 14.9. The van der Waals surface area contributed by atoms with Gasteiger partial charge in [-0.3, -0.25) is 4.90 Å². The van der Waals surface area contributed by atoms with Gasteiger partial charge in [-0.2, -0.15) is 12.6 Å². The molecule has 6 heteroatoms. The standard InChI is InChI=1S/C37H31NO4S/c39-36(40)34(24-43)38(37(41)42-23-33-31-20-9-7-18-29(31)30-19-8-10-21-32(30)33)28-17-11-16-27(22-28)35(25-12-3-1-4-13-25)26-14-5-2-6-15-26/h1-22,33-35,43H,23-24H2,(H,39,40)/t34-/m0/s1. The van der Waals surface area contributed by atoms with E-state index >= 15 is 0 Å². The lowest BCUT2D eigenvalue weighted by Gasteiger charge is -2.29. The topological polar surface area (TPSA) is 66.8 Å². The van der Waals surface area contributed by atoms with Crippen molar-refractivity contribution in [2.75, 3.05) is 17.3 Å². The van der Waals surface area contributed by atoms with Gasteiger partial charge in [-0.1, -0.05) is 121 Å². The molecule has 6 rings (SSSR count). The molecule has 214 valence electrons. The number of amides is 1. The number of hydrogen-bond donors (Lipinski definition) is 2. The third-order valence-corrected chi connectivity index (χ3v) is 8.40. The zero-order valence-corrected chi connectivity index (χ0v) is 24.3. The average molecular weight is 586 g/mol. The summed E-state index contributed by atoms with van der Waals surface area (Å²) in [7, 11) is 0. The molecule has 0 unspecified atom stereocenters. The SMILES string of the molecule is O=C(O)[C@H](CS)N(C(=O)OCC1c2ccccc2-c2ccccc21)c1cccc(C(c2ccccc2)c2ccccc2)c1. The first kappa shape index (κ1) is 28.3. The van der Waals surface area contributed by atoms with E-state index < -0.39 is 18.1 Å². The number of carboxylic acid groups (broad SMARTS) is 1. The number of nitrogens with zero attached hydrogens (tertiary/aromatic N) is 1. The lowest BCUT2D eigenvalue weighted by molar-refractivity contribution is -0.138. The zero-order chi connectivity index (χ0) is 29.8. The van der Waals surface area contributed by atoms with Crippen LogP contribution in [0.25, 0.3) is 11.1 Å². The molecular weight excluding hydrogens is 554 g/mol. The summed E-state index contributed by atoms with van der Waals surface area (Å²) in [4.78, 5) is 27.5.